The lowest BCUT2D eigenvalue weighted by Crippen LogP contribution is -2.08. The number of carbonyl (C=O) groups excluding carboxylic acids is 1. The summed E-state index contributed by atoms with van der Waals surface area (Å²) < 4.78 is 15.6. The fourth-order valence-electron chi connectivity index (χ4n) is 1.91. The maximum atomic E-state index is 11.9. The Morgan fingerprint density at radius 3 is 3.06 bits per heavy atom. The predicted molar refractivity (Wildman–Crippen MR) is 67.3 cm³/mol. The van der Waals surface area contributed by atoms with Crippen molar-refractivity contribution < 1.29 is 19.0 Å². The third kappa shape index (κ3) is 3.31. The largest absolute Gasteiger partial charge is 0.493 e. The fourth-order valence-corrected chi connectivity index (χ4v) is 1.91. The van der Waals surface area contributed by atoms with Crippen LogP contribution in [0.5, 0.6) is 5.75 Å². The summed E-state index contributed by atoms with van der Waals surface area (Å²) in [4.78, 5) is 11.9. The summed E-state index contributed by atoms with van der Waals surface area (Å²) in [6.07, 6.45) is 1.30. The predicted octanol–water partition coefficient (Wildman–Crippen LogP) is 1.86. The zero-order valence-corrected chi connectivity index (χ0v) is 10.6. The van der Waals surface area contributed by atoms with Gasteiger partial charge in [-0.1, -0.05) is 0 Å². The molecule has 4 heteroatoms. The Labute approximate surface area is 107 Å². The van der Waals surface area contributed by atoms with Crippen molar-refractivity contribution in [3.63, 3.8) is 0 Å². The molecule has 0 bridgehead atoms. The van der Waals surface area contributed by atoms with Gasteiger partial charge in [-0.15, -0.1) is 0 Å². The van der Waals surface area contributed by atoms with Gasteiger partial charge in [0.2, 0.25) is 0 Å². The van der Waals surface area contributed by atoms with Gasteiger partial charge in [-0.2, -0.15) is 0 Å². The van der Waals surface area contributed by atoms with Crippen molar-refractivity contribution in [2.24, 2.45) is 0 Å². The first-order valence-corrected chi connectivity index (χ1v) is 6.17. The Morgan fingerprint density at radius 1 is 1.33 bits per heavy atom. The Morgan fingerprint density at radius 2 is 2.22 bits per heavy atom. The lowest BCUT2D eigenvalue weighted by Gasteiger charge is -2.05. The van der Waals surface area contributed by atoms with Gasteiger partial charge in [0.25, 0.3) is 0 Å². The van der Waals surface area contributed by atoms with Crippen LogP contribution in [0.2, 0.25) is 0 Å². The molecule has 0 saturated carbocycles. The highest BCUT2D eigenvalue weighted by atomic mass is 16.5. The maximum absolute atomic E-state index is 11.9. The molecule has 1 heterocycles. The molecule has 1 aromatic rings. The molecule has 0 fully saturated rings. The number of ketones is 1. The first-order chi connectivity index (χ1) is 8.81. The lowest BCUT2D eigenvalue weighted by atomic mass is 10.0. The van der Waals surface area contributed by atoms with E-state index in [-0.39, 0.29) is 5.78 Å². The summed E-state index contributed by atoms with van der Waals surface area (Å²) in [7, 11) is 1.63. The van der Waals surface area contributed by atoms with E-state index in [1.54, 1.807) is 7.11 Å². The minimum atomic E-state index is 0.113. The SMILES string of the molecule is COCCOCCC(=O)c1ccc2c(c1)CCO2. The summed E-state index contributed by atoms with van der Waals surface area (Å²) in [6, 6.07) is 5.63. The molecule has 0 aromatic heterocycles. The number of fused-ring (bicyclic) bond motifs is 1. The molecule has 0 aliphatic carbocycles. The number of carbonyl (C=O) groups is 1. The lowest BCUT2D eigenvalue weighted by molar-refractivity contribution is 0.0641. The number of ether oxygens (including phenoxy) is 3. The van der Waals surface area contributed by atoms with E-state index in [0.717, 1.165) is 23.3 Å². The van der Waals surface area contributed by atoms with Crippen molar-refractivity contribution in [2.45, 2.75) is 12.8 Å². The highest BCUT2D eigenvalue weighted by Gasteiger charge is 2.14. The number of hydrogen-bond donors (Lipinski definition) is 0. The topological polar surface area (TPSA) is 44.8 Å². The highest BCUT2D eigenvalue weighted by Crippen LogP contribution is 2.26. The van der Waals surface area contributed by atoms with Crippen LogP contribution < -0.4 is 4.74 Å². The van der Waals surface area contributed by atoms with Gasteiger partial charge in [0.05, 0.1) is 26.4 Å². The van der Waals surface area contributed by atoms with Gasteiger partial charge < -0.3 is 14.2 Å². The zero-order valence-electron chi connectivity index (χ0n) is 10.6. The quantitative estimate of drug-likeness (QED) is 0.547. The van der Waals surface area contributed by atoms with Gasteiger partial charge in [0.15, 0.2) is 5.78 Å². The summed E-state index contributed by atoms with van der Waals surface area (Å²) in [5, 5.41) is 0. The molecule has 4 nitrogen and oxygen atoms in total. The van der Waals surface area contributed by atoms with E-state index in [2.05, 4.69) is 0 Å². The molecule has 1 aliphatic heterocycles. The second-order valence-corrected chi connectivity index (χ2v) is 4.20. The minimum Gasteiger partial charge on any atom is -0.493 e. The third-order valence-corrected chi connectivity index (χ3v) is 2.92. The molecular formula is C14H18O4. The Bertz CT molecular complexity index is 414. The van der Waals surface area contributed by atoms with Gasteiger partial charge in [-0.3, -0.25) is 4.79 Å². The Kier molecular flexibility index (Phi) is 4.73. The van der Waals surface area contributed by atoms with Crippen LogP contribution in [0.25, 0.3) is 0 Å². The molecule has 0 amide bonds. The van der Waals surface area contributed by atoms with Crippen molar-refractivity contribution in [2.75, 3.05) is 33.5 Å². The first kappa shape index (κ1) is 13.1. The minimum absolute atomic E-state index is 0.113. The van der Waals surface area contributed by atoms with Gasteiger partial charge in [0.1, 0.15) is 5.75 Å². The third-order valence-electron chi connectivity index (χ3n) is 2.92. The number of hydrogen-bond acceptors (Lipinski definition) is 4. The number of methoxy groups -OCH3 is 1. The van der Waals surface area contributed by atoms with E-state index < -0.39 is 0 Å². The molecule has 0 atom stereocenters. The van der Waals surface area contributed by atoms with Crippen LogP contribution in [-0.4, -0.2) is 39.3 Å². The Hall–Kier alpha value is -1.39. The number of benzene rings is 1. The summed E-state index contributed by atoms with van der Waals surface area (Å²) in [5.41, 5.74) is 1.87. The normalized spacial score (nSPS) is 13.2. The second kappa shape index (κ2) is 6.52. The van der Waals surface area contributed by atoms with Crippen LogP contribution in [-0.2, 0) is 15.9 Å². The van der Waals surface area contributed by atoms with E-state index in [9.17, 15) is 4.79 Å². The monoisotopic (exact) mass is 250 g/mol. The summed E-state index contributed by atoms with van der Waals surface area (Å²) in [6.45, 7) is 2.25. The van der Waals surface area contributed by atoms with Crippen molar-refractivity contribution >= 4 is 5.78 Å². The summed E-state index contributed by atoms with van der Waals surface area (Å²) in [5.74, 6) is 1.02. The van der Waals surface area contributed by atoms with Gasteiger partial charge in [0, 0.05) is 25.5 Å². The van der Waals surface area contributed by atoms with Crippen molar-refractivity contribution in [3.8, 4) is 5.75 Å². The second-order valence-electron chi connectivity index (χ2n) is 4.20. The van der Waals surface area contributed by atoms with Crippen molar-refractivity contribution in [1.29, 1.82) is 0 Å². The summed E-state index contributed by atoms with van der Waals surface area (Å²) >= 11 is 0. The molecule has 0 unspecified atom stereocenters. The zero-order chi connectivity index (χ0) is 12.8. The van der Waals surface area contributed by atoms with E-state index in [1.165, 1.54) is 0 Å². The van der Waals surface area contributed by atoms with Crippen LogP contribution in [0.3, 0.4) is 0 Å². The van der Waals surface area contributed by atoms with Crippen LogP contribution in [0.4, 0.5) is 0 Å². The van der Waals surface area contributed by atoms with E-state index in [1.807, 2.05) is 18.2 Å². The van der Waals surface area contributed by atoms with Gasteiger partial charge in [-0.25, -0.2) is 0 Å². The molecule has 1 aliphatic rings. The van der Waals surface area contributed by atoms with E-state index in [4.69, 9.17) is 14.2 Å². The molecule has 0 saturated heterocycles. The average molecular weight is 250 g/mol. The molecular weight excluding hydrogens is 232 g/mol. The molecule has 0 radical (unpaired) electrons. The average Bonchev–Trinajstić information content (AvgIpc) is 2.85. The molecule has 2 rings (SSSR count). The van der Waals surface area contributed by atoms with Crippen LogP contribution >= 0.6 is 0 Å². The first-order valence-electron chi connectivity index (χ1n) is 6.17. The number of Topliss-reactive ketones (excluding diaryl/α,β-unsaturated/α-hetero) is 1. The molecule has 18 heavy (non-hydrogen) atoms. The molecule has 0 spiro atoms. The van der Waals surface area contributed by atoms with Crippen LogP contribution in [0, 0.1) is 0 Å². The van der Waals surface area contributed by atoms with Crippen LogP contribution in [0.1, 0.15) is 22.3 Å². The maximum Gasteiger partial charge on any atom is 0.165 e. The van der Waals surface area contributed by atoms with Crippen LogP contribution in [0.15, 0.2) is 18.2 Å². The van der Waals surface area contributed by atoms with E-state index >= 15 is 0 Å². The number of rotatable bonds is 7. The molecule has 0 N–H and O–H groups in total. The molecule has 98 valence electrons. The van der Waals surface area contributed by atoms with Gasteiger partial charge >= 0.3 is 0 Å². The van der Waals surface area contributed by atoms with Crippen molar-refractivity contribution in [1.82, 2.24) is 0 Å². The van der Waals surface area contributed by atoms with Gasteiger partial charge in [-0.05, 0) is 23.8 Å². The highest BCUT2D eigenvalue weighted by molar-refractivity contribution is 5.96. The van der Waals surface area contributed by atoms with E-state index in [0.29, 0.717) is 32.8 Å². The smallest absolute Gasteiger partial charge is 0.165 e. The van der Waals surface area contributed by atoms with Crippen molar-refractivity contribution in [3.05, 3.63) is 29.3 Å². The Balaban J connectivity index is 1.82. The fraction of sp³-hybridized carbons (Fsp3) is 0.500. The molecule has 1 aromatic carbocycles. The standard InChI is InChI=1S/C14H18O4/c1-16-8-9-17-6-5-13(15)11-2-3-14-12(10-11)4-7-18-14/h2-3,10H,4-9H2,1H3.